The maximum atomic E-state index is 13.5. The lowest BCUT2D eigenvalue weighted by molar-refractivity contribution is -0.122. The van der Waals surface area contributed by atoms with Crippen molar-refractivity contribution >= 4 is 29.8 Å². The fourth-order valence-electron chi connectivity index (χ4n) is 3.97. The van der Waals surface area contributed by atoms with Crippen LogP contribution in [0.25, 0.3) is 0 Å². The van der Waals surface area contributed by atoms with Crippen molar-refractivity contribution in [2.45, 2.75) is 19.2 Å². The van der Waals surface area contributed by atoms with Crippen LogP contribution in [0.15, 0.2) is 97.1 Å². The van der Waals surface area contributed by atoms with Crippen LogP contribution in [0.5, 0.6) is 17.2 Å². The van der Waals surface area contributed by atoms with Crippen molar-refractivity contribution in [1.29, 1.82) is 5.41 Å². The van der Waals surface area contributed by atoms with Crippen LogP contribution in [0.1, 0.15) is 28.3 Å². The van der Waals surface area contributed by atoms with Gasteiger partial charge in [-0.3, -0.25) is 10.2 Å². The number of anilines is 1. The standard InChI is InChI=1S/C31H32N4O4.ClH/c1-37-26-15-8-21(9-16-26)19-34-31(36)29(35-25-13-10-23(11-14-25)30(32)33)24-12-17-27(28(18-24)38-2)39-20-22-6-4-3-5-7-22;/h3-18,29,35H,19-20H2,1-2H3,(H3,32,33)(H,34,36);1H/t29-;/m1./s1. The molecule has 0 radical (unpaired) electrons. The number of hydrogen-bond donors (Lipinski definition) is 4. The normalized spacial score (nSPS) is 10.9. The summed E-state index contributed by atoms with van der Waals surface area (Å²) in [6, 6.07) is 29.1. The van der Waals surface area contributed by atoms with E-state index >= 15 is 0 Å². The van der Waals surface area contributed by atoms with Gasteiger partial charge in [-0.05, 0) is 65.2 Å². The molecule has 0 saturated heterocycles. The van der Waals surface area contributed by atoms with E-state index in [2.05, 4.69) is 10.6 Å². The molecular weight excluding hydrogens is 528 g/mol. The highest BCUT2D eigenvalue weighted by molar-refractivity contribution is 5.95. The number of rotatable bonds is 12. The van der Waals surface area contributed by atoms with Gasteiger partial charge < -0.3 is 30.6 Å². The van der Waals surface area contributed by atoms with E-state index in [1.54, 1.807) is 50.6 Å². The van der Waals surface area contributed by atoms with Gasteiger partial charge in [0, 0.05) is 17.8 Å². The van der Waals surface area contributed by atoms with Gasteiger partial charge in [0.05, 0.1) is 14.2 Å². The summed E-state index contributed by atoms with van der Waals surface area (Å²) in [4.78, 5) is 13.5. The second-order valence-electron chi connectivity index (χ2n) is 8.82. The van der Waals surface area contributed by atoms with Gasteiger partial charge in [-0.1, -0.05) is 48.5 Å². The number of hydrogen-bond acceptors (Lipinski definition) is 6. The summed E-state index contributed by atoms with van der Waals surface area (Å²) >= 11 is 0. The van der Waals surface area contributed by atoms with Gasteiger partial charge in [0.2, 0.25) is 5.91 Å². The van der Waals surface area contributed by atoms with Gasteiger partial charge >= 0.3 is 0 Å². The number of carbonyl (C=O) groups is 1. The van der Waals surface area contributed by atoms with Crippen molar-refractivity contribution < 1.29 is 19.0 Å². The topological polar surface area (TPSA) is 119 Å². The number of halogens is 1. The SMILES string of the molecule is COc1ccc(CNC(=O)[C@H](Nc2ccc(C(=N)N)cc2)c2ccc(OCc3ccccc3)c(OC)c2)cc1.Cl. The Hall–Kier alpha value is -4.69. The highest BCUT2D eigenvalue weighted by atomic mass is 35.5. The van der Waals surface area contributed by atoms with Gasteiger partial charge in [0.1, 0.15) is 24.2 Å². The Bertz CT molecular complexity index is 1400. The first-order valence-corrected chi connectivity index (χ1v) is 12.4. The highest BCUT2D eigenvalue weighted by Gasteiger charge is 2.22. The molecule has 0 spiro atoms. The molecule has 0 aliphatic rings. The predicted molar refractivity (Wildman–Crippen MR) is 160 cm³/mol. The van der Waals surface area contributed by atoms with Crippen LogP contribution in [-0.4, -0.2) is 26.0 Å². The molecule has 4 rings (SSSR count). The molecule has 0 aromatic heterocycles. The largest absolute Gasteiger partial charge is 0.497 e. The number of nitrogens with one attached hydrogen (secondary N) is 3. The molecule has 4 aromatic rings. The van der Waals surface area contributed by atoms with Gasteiger partial charge in [-0.15, -0.1) is 12.4 Å². The minimum atomic E-state index is -0.733. The van der Waals surface area contributed by atoms with E-state index in [0.29, 0.717) is 41.5 Å². The quantitative estimate of drug-likeness (QED) is 0.135. The van der Waals surface area contributed by atoms with E-state index < -0.39 is 6.04 Å². The summed E-state index contributed by atoms with van der Waals surface area (Å²) in [5, 5.41) is 13.9. The summed E-state index contributed by atoms with van der Waals surface area (Å²) in [5.74, 6) is 1.60. The van der Waals surface area contributed by atoms with E-state index in [1.807, 2.05) is 60.7 Å². The zero-order chi connectivity index (χ0) is 27.6. The maximum absolute atomic E-state index is 13.5. The molecule has 5 N–H and O–H groups in total. The number of amidine groups is 1. The van der Waals surface area contributed by atoms with E-state index in [1.165, 1.54) is 0 Å². The number of methoxy groups -OCH3 is 2. The summed E-state index contributed by atoms with van der Waals surface area (Å²) in [5.41, 5.74) is 9.57. The molecule has 8 nitrogen and oxygen atoms in total. The molecule has 40 heavy (non-hydrogen) atoms. The molecule has 0 bridgehead atoms. The lowest BCUT2D eigenvalue weighted by atomic mass is 10.0. The molecule has 9 heteroatoms. The third kappa shape index (κ3) is 7.91. The molecule has 0 aliphatic heterocycles. The van der Waals surface area contributed by atoms with Gasteiger partial charge in [-0.25, -0.2) is 0 Å². The van der Waals surface area contributed by atoms with Crippen molar-refractivity contribution in [2.24, 2.45) is 5.73 Å². The van der Waals surface area contributed by atoms with Crippen molar-refractivity contribution in [3.05, 3.63) is 119 Å². The molecule has 0 saturated carbocycles. The number of nitrogen functional groups attached to an aromatic ring is 1. The second-order valence-corrected chi connectivity index (χ2v) is 8.82. The van der Waals surface area contributed by atoms with Crippen molar-refractivity contribution in [1.82, 2.24) is 5.32 Å². The van der Waals surface area contributed by atoms with Crippen molar-refractivity contribution in [3.63, 3.8) is 0 Å². The highest BCUT2D eigenvalue weighted by Crippen LogP contribution is 2.32. The Morgan fingerprint density at radius 2 is 1.55 bits per heavy atom. The number of nitrogens with two attached hydrogens (primary N) is 1. The smallest absolute Gasteiger partial charge is 0.247 e. The van der Waals surface area contributed by atoms with Crippen molar-refractivity contribution in [2.75, 3.05) is 19.5 Å². The number of amides is 1. The zero-order valence-corrected chi connectivity index (χ0v) is 23.2. The number of carbonyl (C=O) groups excluding carboxylic acids is 1. The fourth-order valence-corrected chi connectivity index (χ4v) is 3.97. The third-order valence-electron chi connectivity index (χ3n) is 6.15. The molecule has 0 unspecified atom stereocenters. The first-order valence-electron chi connectivity index (χ1n) is 12.4. The van der Waals surface area contributed by atoms with Crippen LogP contribution in [0.2, 0.25) is 0 Å². The zero-order valence-electron chi connectivity index (χ0n) is 22.3. The Morgan fingerprint density at radius 1 is 0.850 bits per heavy atom. The lowest BCUT2D eigenvalue weighted by Gasteiger charge is -2.22. The minimum Gasteiger partial charge on any atom is -0.497 e. The predicted octanol–water partition coefficient (Wildman–Crippen LogP) is 5.46. The second kappa shape index (κ2) is 14.5. The first kappa shape index (κ1) is 29.9. The summed E-state index contributed by atoms with van der Waals surface area (Å²) in [6.07, 6.45) is 0. The summed E-state index contributed by atoms with van der Waals surface area (Å²) in [7, 11) is 3.18. The van der Waals surface area contributed by atoms with Crippen LogP contribution >= 0.6 is 12.4 Å². The van der Waals surface area contributed by atoms with E-state index in [-0.39, 0.29) is 24.1 Å². The Labute approximate surface area is 240 Å². The van der Waals surface area contributed by atoms with Crippen LogP contribution in [-0.2, 0) is 17.9 Å². The molecule has 0 fully saturated rings. The molecule has 4 aromatic carbocycles. The van der Waals surface area contributed by atoms with Crippen LogP contribution in [0, 0.1) is 5.41 Å². The molecule has 0 aliphatic carbocycles. The van der Waals surface area contributed by atoms with Gasteiger partial charge in [-0.2, -0.15) is 0 Å². The van der Waals surface area contributed by atoms with Gasteiger partial charge in [0.15, 0.2) is 11.5 Å². The third-order valence-corrected chi connectivity index (χ3v) is 6.15. The summed E-state index contributed by atoms with van der Waals surface area (Å²) < 4.78 is 16.8. The Kier molecular flexibility index (Phi) is 10.8. The Balaban J connectivity index is 0.00000441. The minimum absolute atomic E-state index is 0. The van der Waals surface area contributed by atoms with E-state index in [9.17, 15) is 4.79 Å². The van der Waals surface area contributed by atoms with Gasteiger partial charge in [0.25, 0.3) is 0 Å². The fraction of sp³-hybridized carbons (Fsp3) is 0.161. The van der Waals surface area contributed by atoms with E-state index in [4.69, 9.17) is 25.4 Å². The van der Waals surface area contributed by atoms with Crippen LogP contribution in [0.4, 0.5) is 5.69 Å². The molecule has 208 valence electrons. The molecule has 0 heterocycles. The summed E-state index contributed by atoms with van der Waals surface area (Å²) in [6.45, 7) is 0.739. The average Bonchev–Trinajstić information content (AvgIpc) is 2.98. The molecule has 1 atom stereocenters. The monoisotopic (exact) mass is 560 g/mol. The van der Waals surface area contributed by atoms with Crippen LogP contribution in [0.3, 0.4) is 0 Å². The maximum Gasteiger partial charge on any atom is 0.247 e. The lowest BCUT2D eigenvalue weighted by Crippen LogP contribution is -2.33. The number of benzene rings is 4. The number of ether oxygens (including phenoxy) is 3. The van der Waals surface area contributed by atoms with Crippen molar-refractivity contribution in [3.8, 4) is 17.2 Å². The average molecular weight is 561 g/mol. The van der Waals surface area contributed by atoms with E-state index in [0.717, 1.165) is 16.9 Å². The molecule has 1 amide bonds. The Morgan fingerprint density at radius 3 is 2.17 bits per heavy atom. The molecular formula is C31H33ClN4O4. The first-order chi connectivity index (χ1) is 19.0. The van der Waals surface area contributed by atoms with Crippen LogP contribution < -0.4 is 30.6 Å².